The van der Waals surface area contributed by atoms with E-state index in [1.165, 1.54) is 26.4 Å². The van der Waals surface area contributed by atoms with Crippen molar-refractivity contribution in [1.29, 1.82) is 0 Å². The standard InChI is InChI=1S/C17H14Cl2N2O7/c1-26-13-6-9(12(21(24)25)7-14(13)27-2)17(23)28-8-15(22)20-16-10(18)4-3-5-11(16)19/h3-7H,8H2,1-2H3,(H,20,22). The van der Waals surface area contributed by atoms with Gasteiger partial charge in [-0.1, -0.05) is 29.3 Å². The van der Waals surface area contributed by atoms with E-state index in [0.717, 1.165) is 12.1 Å². The summed E-state index contributed by atoms with van der Waals surface area (Å²) >= 11 is 11.9. The molecule has 9 nitrogen and oxygen atoms in total. The van der Waals surface area contributed by atoms with Gasteiger partial charge in [-0.15, -0.1) is 0 Å². The molecule has 2 rings (SSSR count). The zero-order chi connectivity index (χ0) is 20.8. The summed E-state index contributed by atoms with van der Waals surface area (Å²) in [5.74, 6) is -1.66. The molecular weight excluding hydrogens is 415 g/mol. The van der Waals surface area contributed by atoms with E-state index in [4.69, 9.17) is 37.4 Å². The van der Waals surface area contributed by atoms with Crippen LogP contribution in [0.1, 0.15) is 10.4 Å². The number of ether oxygens (including phenoxy) is 3. The van der Waals surface area contributed by atoms with Crippen LogP contribution in [0.5, 0.6) is 11.5 Å². The number of hydrogen-bond donors (Lipinski definition) is 1. The summed E-state index contributed by atoms with van der Waals surface area (Å²) in [6.45, 7) is -0.716. The number of nitrogens with zero attached hydrogens (tertiary/aromatic N) is 1. The summed E-state index contributed by atoms with van der Waals surface area (Å²) in [6, 6.07) is 6.75. The molecule has 2 aromatic rings. The van der Waals surface area contributed by atoms with Crippen molar-refractivity contribution < 1.29 is 28.7 Å². The SMILES string of the molecule is COc1cc(C(=O)OCC(=O)Nc2c(Cl)cccc2Cl)c([N+](=O)[O-])cc1OC. The summed E-state index contributed by atoms with van der Waals surface area (Å²) in [6.07, 6.45) is 0. The van der Waals surface area contributed by atoms with Crippen LogP contribution in [-0.4, -0.2) is 37.6 Å². The van der Waals surface area contributed by atoms with Crippen molar-refractivity contribution in [3.63, 3.8) is 0 Å². The fourth-order valence-corrected chi connectivity index (χ4v) is 2.68. The van der Waals surface area contributed by atoms with Crippen LogP contribution in [0, 0.1) is 10.1 Å². The van der Waals surface area contributed by atoms with Crippen molar-refractivity contribution in [3.05, 3.63) is 56.1 Å². The smallest absolute Gasteiger partial charge is 0.345 e. The molecule has 0 aromatic heterocycles. The van der Waals surface area contributed by atoms with Gasteiger partial charge in [0.15, 0.2) is 18.1 Å². The molecule has 1 amide bonds. The Morgan fingerprint density at radius 3 is 2.21 bits per heavy atom. The van der Waals surface area contributed by atoms with Crippen molar-refractivity contribution in [2.45, 2.75) is 0 Å². The molecule has 0 spiro atoms. The third-order valence-electron chi connectivity index (χ3n) is 3.48. The topological polar surface area (TPSA) is 117 Å². The first-order valence-electron chi connectivity index (χ1n) is 7.59. The molecule has 0 unspecified atom stereocenters. The highest BCUT2D eigenvalue weighted by atomic mass is 35.5. The highest BCUT2D eigenvalue weighted by Crippen LogP contribution is 2.35. The maximum absolute atomic E-state index is 12.3. The van der Waals surface area contributed by atoms with Crippen LogP contribution >= 0.6 is 23.2 Å². The summed E-state index contributed by atoms with van der Waals surface area (Å²) in [4.78, 5) is 34.7. The quantitative estimate of drug-likeness (QED) is 0.405. The maximum Gasteiger partial charge on any atom is 0.345 e. The predicted molar refractivity (Wildman–Crippen MR) is 102 cm³/mol. The summed E-state index contributed by atoms with van der Waals surface area (Å²) in [7, 11) is 2.60. The van der Waals surface area contributed by atoms with Gasteiger partial charge in [-0.05, 0) is 12.1 Å². The molecule has 0 fully saturated rings. The molecular formula is C17H14Cl2N2O7. The third-order valence-corrected chi connectivity index (χ3v) is 4.11. The average Bonchev–Trinajstić information content (AvgIpc) is 2.67. The van der Waals surface area contributed by atoms with E-state index in [0.29, 0.717) is 0 Å². The fourth-order valence-electron chi connectivity index (χ4n) is 2.18. The zero-order valence-corrected chi connectivity index (χ0v) is 16.2. The van der Waals surface area contributed by atoms with Crippen LogP contribution in [0.3, 0.4) is 0 Å². The van der Waals surface area contributed by atoms with Crippen molar-refractivity contribution >= 4 is 46.5 Å². The number of nitrogens with one attached hydrogen (secondary N) is 1. The number of nitro benzene ring substituents is 1. The first-order chi connectivity index (χ1) is 13.3. The number of esters is 1. The summed E-state index contributed by atoms with van der Waals surface area (Å²) in [5, 5.41) is 14.0. The van der Waals surface area contributed by atoms with Crippen LogP contribution in [0.2, 0.25) is 10.0 Å². The predicted octanol–water partition coefficient (Wildman–Crippen LogP) is 3.71. The van der Waals surface area contributed by atoms with Gasteiger partial charge in [-0.3, -0.25) is 14.9 Å². The highest BCUT2D eigenvalue weighted by molar-refractivity contribution is 6.39. The number of methoxy groups -OCH3 is 2. The second kappa shape index (κ2) is 9.25. The lowest BCUT2D eigenvalue weighted by atomic mass is 10.1. The minimum absolute atomic E-state index is 0.0665. The summed E-state index contributed by atoms with van der Waals surface area (Å²) in [5.41, 5.74) is -0.799. The van der Waals surface area contributed by atoms with E-state index in [2.05, 4.69) is 5.32 Å². The largest absolute Gasteiger partial charge is 0.493 e. The number of carbonyl (C=O) groups excluding carboxylic acids is 2. The van der Waals surface area contributed by atoms with Crippen LogP contribution in [-0.2, 0) is 9.53 Å². The Balaban J connectivity index is 2.16. The number of rotatable bonds is 7. The second-order valence-electron chi connectivity index (χ2n) is 5.20. The van der Waals surface area contributed by atoms with E-state index in [9.17, 15) is 19.7 Å². The van der Waals surface area contributed by atoms with Crippen LogP contribution in [0.25, 0.3) is 0 Å². The number of anilines is 1. The molecule has 1 N–H and O–H groups in total. The number of nitro groups is 1. The molecule has 0 aliphatic rings. The molecule has 0 aliphatic heterocycles. The minimum atomic E-state index is -1.09. The molecule has 28 heavy (non-hydrogen) atoms. The Morgan fingerprint density at radius 2 is 1.68 bits per heavy atom. The number of halogens is 2. The normalized spacial score (nSPS) is 10.1. The van der Waals surface area contributed by atoms with E-state index in [-0.39, 0.29) is 27.2 Å². The van der Waals surface area contributed by atoms with E-state index >= 15 is 0 Å². The third kappa shape index (κ3) is 4.81. The Labute approximate surface area is 169 Å². The van der Waals surface area contributed by atoms with Gasteiger partial charge in [-0.2, -0.15) is 0 Å². The Morgan fingerprint density at radius 1 is 1.11 bits per heavy atom. The molecule has 0 atom stereocenters. The molecule has 0 radical (unpaired) electrons. The average molecular weight is 429 g/mol. The highest BCUT2D eigenvalue weighted by Gasteiger charge is 2.26. The van der Waals surface area contributed by atoms with Gasteiger partial charge >= 0.3 is 5.97 Å². The molecule has 148 valence electrons. The molecule has 0 bridgehead atoms. The number of carbonyl (C=O) groups is 2. The van der Waals surface area contributed by atoms with Gasteiger partial charge < -0.3 is 19.5 Å². The lowest BCUT2D eigenvalue weighted by Crippen LogP contribution is -2.21. The molecule has 0 aliphatic carbocycles. The lowest BCUT2D eigenvalue weighted by Gasteiger charge is -2.11. The minimum Gasteiger partial charge on any atom is -0.493 e. The first-order valence-corrected chi connectivity index (χ1v) is 8.35. The molecule has 0 saturated carbocycles. The van der Waals surface area contributed by atoms with E-state index in [1.54, 1.807) is 6.07 Å². The second-order valence-corrected chi connectivity index (χ2v) is 6.02. The zero-order valence-electron chi connectivity index (χ0n) is 14.7. The van der Waals surface area contributed by atoms with Gasteiger partial charge in [0.2, 0.25) is 0 Å². The van der Waals surface area contributed by atoms with Crippen LogP contribution < -0.4 is 14.8 Å². The van der Waals surface area contributed by atoms with Gasteiger partial charge in [0.1, 0.15) is 5.56 Å². The van der Waals surface area contributed by atoms with Crippen molar-refractivity contribution in [1.82, 2.24) is 0 Å². The number of para-hydroxylation sites is 1. The van der Waals surface area contributed by atoms with Gasteiger partial charge in [-0.25, -0.2) is 4.79 Å². The van der Waals surface area contributed by atoms with Crippen LogP contribution in [0.15, 0.2) is 30.3 Å². The van der Waals surface area contributed by atoms with Crippen LogP contribution in [0.4, 0.5) is 11.4 Å². The molecule has 11 heteroatoms. The fraction of sp³-hybridized carbons (Fsp3) is 0.176. The van der Waals surface area contributed by atoms with Gasteiger partial charge in [0, 0.05) is 6.07 Å². The van der Waals surface area contributed by atoms with Gasteiger partial charge in [0.05, 0.1) is 40.9 Å². The van der Waals surface area contributed by atoms with E-state index in [1.807, 2.05) is 0 Å². The molecule has 0 saturated heterocycles. The maximum atomic E-state index is 12.3. The Bertz CT molecular complexity index is 914. The number of hydrogen-bond acceptors (Lipinski definition) is 7. The first kappa shape index (κ1) is 21.3. The van der Waals surface area contributed by atoms with E-state index < -0.39 is 34.7 Å². The lowest BCUT2D eigenvalue weighted by molar-refractivity contribution is -0.385. The number of amides is 1. The Hall–Kier alpha value is -3.04. The number of benzene rings is 2. The monoisotopic (exact) mass is 428 g/mol. The van der Waals surface area contributed by atoms with Crippen molar-refractivity contribution in [2.24, 2.45) is 0 Å². The van der Waals surface area contributed by atoms with Crippen molar-refractivity contribution in [3.8, 4) is 11.5 Å². The van der Waals surface area contributed by atoms with Crippen molar-refractivity contribution in [2.75, 3.05) is 26.1 Å². The van der Waals surface area contributed by atoms with Gasteiger partial charge in [0.25, 0.3) is 11.6 Å². The Kier molecular flexibility index (Phi) is 7.02. The molecule has 2 aromatic carbocycles. The molecule has 0 heterocycles. The summed E-state index contributed by atoms with van der Waals surface area (Å²) < 4.78 is 14.9.